The zero-order valence-corrected chi connectivity index (χ0v) is 36.8. The van der Waals surface area contributed by atoms with Gasteiger partial charge >= 0.3 is 0 Å². The van der Waals surface area contributed by atoms with E-state index in [-0.39, 0.29) is 42.1 Å². The van der Waals surface area contributed by atoms with Gasteiger partial charge in [0.25, 0.3) is 11.6 Å². The Bertz CT molecular complexity index is 2690. The number of non-ortho nitro benzene ring substituents is 1. The van der Waals surface area contributed by atoms with Gasteiger partial charge < -0.3 is 19.5 Å². The molecule has 14 heteroatoms. The third kappa shape index (κ3) is 7.31. The number of aliphatic hydroxyl groups excluding tert-OH is 1. The summed E-state index contributed by atoms with van der Waals surface area (Å²) in [5.41, 5.74) is 4.27. The lowest BCUT2D eigenvalue weighted by atomic mass is 9.82. The van der Waals surface area contributed by atoms with Gasteiger partial charge in [-0.1, -0.05) is 103 Å². The molecule has 322 valence electrons. The molecule has 9 rings (SSSR count). The molecular weight excluding hydrogens is 813 g/mol. The fourth-order valence-corrected chi connectivity index (χ4v) is 14.5. The summed E-state index contributed by atoms with van der Waals surface area (Å²) in [6.07, 6.45) is 2.95. The number of aromatic nitrogens is 3. The van der Waals surface area contributed by atoms with Crippen molar-refractivity contribution in [1.29, 1.82) is 0 Å². The van der Waals surface area contributed by atoms with Gasteiger partial charge in [0, 0.05) is 48.5 Å². The van der Waals surface area contributed by atoms with Gasteiger partial charge in [0.05, 0.1) is 62.3 Å². The first-order chi connectivity index (χ1) is 30.4. The molecule has 0 saturated carbocycles. The first-order valence-electron chi connectivity index (χ1n) is 21.4. The number of aliphatic hydroxyl groups is 1. The summed E-state index contributed by atoms with van der Waals surface area (Å²) in [4.78, 5) is 44.4. The molecule has 0 radical (unpaired) electrons. The van der Waals surface area contributed by atoms with Crippen molar-refractivity contribution in [3.8, 4) is 5.75 Å². The van der Waals surface area contributed by atoms with Crippen LogP contribution in [-0.4, -0.2) is 64.7 Å². The molecule has 13 nitrogen and oxygen atoms in total. The summed E-state index contributed by atoms with van der Waals surface area (Å²) in [6, 6.07) is 38.0. The van der Waals surface area contributed by atoms with Gasteiger partial charge in [0.2, 0.25) is 5.91 Å². The van der Waals surface area contributed by atoms with Crippen LogP contribution in [0.2, 0.25) is 18.6 Å². The minimum Gasteiger partial charge on any atom is -0.497 e. The molecule has 63 heavy (non-hydrogen) atoms. The number of hydrogen-bond acceptors (Lipinski definition) is 9. The number of carbonyl (C=O) groups excluding carboxylic acids is 2. The van der Waals surface area contributed by atoms with Crippen LogP contribution < -0.4 is 19.7 Å². The Hall–Kier alpha value is -6.48. The highest BCUT2D eigenvalue weighted by molar-refractivity contribution is 6.91. The van der Waals surface area contributed by atoms with Gasteiger partial charge in [-0.15, -0.1) is 5.10 Å². The second kappa shape index (κ2) is 16.7. The average Bonchev–Trinajstić information content (AvgIpc) is 3.96. The number of aryl methyl sites for hydroxylation is 2. The molecule has 4 heterocycles. The Morgan fingerprint density at radius 2 is 1.70 bits per heavy atom. The number of nitro groups is 1. The highest BCUT2D eigenvalue weighted by atomic mass is 28.3. The number of fused-ring (bicyclic) bond motifs is 3. The number of benzene rings is 5. The van der Waals surface area contributed by atoms with Crippen molar-refractivity contribution in [2.75, 3.05) is 23.5 Å². The van der Waals surface area contributed by atoms with E-state index in [1.54, 1.807) is 27.7 Å². The molecule has 1 fully saturated rings. The van der Waals surface area contributed by atoms with Crippen LogP contribution in [0.4, 0.5) is 22.7 Å². The van der Waals surface area contributed by atoms with Crippen molar-refractivity contribution in [3.63, 3.8) is 0 Å². The molecule has 2 amide bonds. The van der Waals surface area contributed by atoms with E-state index in [0.29, 0.717) is 48.4 Å². The van der Waals surface area contributed by atoms with E-state index >= 15 is 4.79 Å². The fourth-order valence-electron chi connectivity index (χ4n) is 10.4. The maximum atomic E-state index is 15.6. The van der Waals surface area contributed by atoms with E-state index in [9.17, 15) is 20.0 Å². The molecule has 5 atom stereocenters. The molecule has 1 saturated heterocycles. The lowest BCUT2D eigenvalue weighted by Gasteiger charge is -2.37. The summed E-state index contributed by atoms with van der Waals surface area (Å²) in [5.74, 6) is -0.279. The molecule has 1 N–H and O–H groups in total. The second-order valence-electron chi connectivity index (χ2n) is 17.4. The molecule has 1 spiro atoms. The van der Waals surface area contributed by atoms with Crippen LogP contribution in [0.3, 0.4) is 0 Å². The van der Waals surface area contributed by atoms with Gasteiger partial charge in [-0.05, 0) is 71.5 Å². The summed E-state index contributed by atoms with van der Waals surface area (Å²) < 4.78 is 14.6. The van der Waals surface area contributed by atoms with Crippen LogP contribution in [-0.2, 0) is 39.4 Å². The third-order valence-corrected chi connectivity index (χ3v) is 17.9. The number of para-hydroxylation sites is 1. The third-order valence-electron chi connectivity index (χ3n) is 13.6. The number of methoxy groups -OCH3 is 1. The Kier molecular flexibility index (Phi) is 11.1. The van der Waals surface area contributed by atoms with E-state index < -0.39 is 30.6 Å². The van der Waals surface area contributed by atoms with Gasteiger partial charge in [-0.25, -0.2) is 0 Å². The van der Waals surface area contributed by atoms with Gasteiger partial charge in [-0.3, -0.25) is 29.3 Å². The van der Waals surface area contributed by atoms with E-state index in [1.807, 2.05) is 97.2 Å². The predicted molar refractivity (Wildman–Crippen MR) is 242 cm³/mol. The molecule has 0 aliphatic carbocycles. The van der Waals surface area contributed by atoms with E-state index in [2.05, 4.69) is 42.5 Å². The van der Waals surface area contributed by atoms with E-state index in [4.69, 9.17) is 9.47 Å². The lowest BCUT2D eigenvalue weighted by molar-refractivity contribution is -0.385. The largest absolute Gasteiger partial charge is 0.497 e. The van der Waals surface area contributed by atoms with Gasteiger partial charge in [-0.2, -0.15) is 0 Å². The highest BCUT2D eigenvalue weighted by Crippen LogP contribution is 2.60. The maximum Gasteiger partial charge on any atom is 0.269 e. The van der Waals surface area contributed by atoms with Crippen LogP contribution in [0.25, 0.3) is 0 Å². The number of carbonyl (C=O) groups is 2. The fraction of sp³-hybridized carbons (Fsp3) is 0.306. The molecule has 6 aromatic rings. The SMILES string of the molecule is COc1ccc([Si](C)(C)[C@H]2[C@H](CCn3cc(C(CO)c4ccccc4)nn3)O[C@@]3(C(=O)N(Cc4cccc(N5C(=O)CCc6ccccc65)c4)c4ccc([N+](=O)[O-])cc43)[C@@H]2C)cc1. The number of ether oxygens (including phenoxy) is 2. The molecular formula is C49H50N6O7Si. The van der Waals surface area contributed by atoms with Crippen molar-refractivity contribution in [1.82, 2.24) is 15.0 Å². The van der Waals surface area contributed by atoms with E-state index in [0.717, 1.165) is 33.3 Å². The molecule has 1 unspecified atom stereocenters. The van der Waals surface area contributed by atoms with E-state index in [1.165, 1.54) is 12.1 Å². The zero-order valence-electron chi connectivity index (χ0n) is 35.8. The van der Waals surface area contributed by atoms with Crippen molar-refractivity contribution >= 4 is 47.8 Å². The average molecular weight is 863 g/mol. The Balaban J connectivity index is 1.09. The first kappa shape index (κ1) is 41.8. The van der Waals surface area contributed by atoms with Gasteiger partial charge in [0.1, 0.15) is 5.75 Å². The minimum atomic E-state index is -2.55. The number of rotatable bonds is 13. The number of anilines is 3. The van der Waals surface area contributed by atoms with Crippen LogP contribution in [0, 0.1) is 16.0 Å². The molecule has 0 bridgehead atoms. The van der Waals surface area contributed by atoms with Crippen molar-refractivity contribution in [2.24, 2.45) is 5.92 Å². The molecule has 5 aromatic carbocycles. The molecule has 3 aliphatic heterocycles. The second-order valence-corrected chi connectivity index (χ2v) is 22.1. The number of amides is 2. The number of nitro benzene ring substituents is 1. The number of nitrogens with zero attached hydrogens (tertiary/aromatic N) is 6. The highest BCUT2D eigenvalue weighted by Gasteiger charge is 2.66. The normalized spacial score (nSPS) is 21.1. The maximum absolute atomic E-state index is 15.6. The Morgan fingerprint density at radius 3 is 2.44 bits per heavy atom. The van der Waals surface area contributed by atoms with Crippen LogP contribution in [0.1, 0.15) is 53.6 Å². The van der Waals surface area contributed by atoms with Crippen molar-refractivity contribution in [2.45, 2.75) is 75.5 Å². The summed E-state index contributed by atoms with van der Waals surface area (Å²) in [6.45, 7) is 7.09. The monoisotopic (exact) mass is 862 g/mol. The zero-order chi connectivity index (χ0) is 44.0. The molecule has 1 aromatic heterocycles. The van der Waals surface area contributed by atoms with Crippen molar-refractivity contribution < 1.29 is 29.1 Å². The van der Waals surface area contributed by atoms with Crippen molar-refractivity contribution in [3.05, 3.63) is 166 Å². The quantitative estimate of drug-likeness (QED) is 0.0697. The predicted octanol–water partition coefficient (Wildman–Crippen LogP) is 7.78. The summed E-state index contributed by atoms with van der Waals surface area (Å²) in [5, 5.41) is 32.8. The van der Waals surface area contributed by atoms with Gasteiger partial charge in [0.15, 0.2) is 5.60 Å². The smallest absolute Gasteiger partial charge is 0.269 e. The Morgan fingerprint density at radius 1 is 0.937 bits per heavy atom. The molecule has 3 aliphatic rings. The Labute approximate surface area is 367 Å². The first-order valence-corrected chi connectivity index (χ1v) is 24.5. The van der Waals surface area contributed by atoms with Crippen LogP contribution >= 0.6 is 0 Å². The minimum absolute atomic E-state index is 0.000128. The topological polar surface area (TPSA) is 153 Å². The van der Waals surface area contributed by atoms with Crippen LogP contribution in [0.5, 0.6) is 5.75 Å². The van der Waals surface area contributed by atoms with Crippen LogP contribution in [0.15, 0.2) is 128 Å². The standard InChI is InChI=1S/C49H50N6O7Si/c1-32-47(63(3,4)39-21-19-38(61-2)20-22-39)45(25-26-52-30-42(50-51-52)40(31-56)34-12-6-5-7-13-34)62-49(32)41-28-37(55(59)60)18-23-44(41)53(48(49)58)29-33-11-10-15-36(27-33)54-43-16-9-8-14-35(43)17-24-46(54)57/h5-16,18-23,27-28,30,32,40,45,47,56H,17,24-26,29,31H2,1-4H3/t32-,40?,45+,47-,49+/m1/s1. The summed E-state index contributed by atoms with van der Waals surface area (Å²) in [7, 11) is -0.910. The lowest BCUT2D eigenvalue weighted by Crippen LogP contribution is -2.51. The summed E-state index contributed by atoms with van der Waals surface area (Å²) >= 11 is 0. The number of hydrogen-bond donors (Lipinski definition) is 1.